The number of nitro benzene ring substituents is 1. The Balaban J connectivity index is 2.00. The van der Waals surface area contributed by atoms with Crippen molar-refractivity contribution in [3.8, 4) is 0 Å². The Morgan fingerprint density at radius 1 is 1.25 bits per heavy atom. The number of nitrogens with zero attached hydrogens (tertiary/aromatic N) is 3. The molecule has 1 heterocycles. The van der Waals surface area contributed by atoms with Crippen LogP contribution in [0.4, 0.5) is 11.4 Å². The average molecular weight is 325 g/mol. The summed E-state index contributed by atoms with van der Waals surface area (Å²) in [6.07, 6.45) is 5.52. The highest BCUT2D eigenvalue weighted by Gasteiger charge is 2.29. The number of anilines is 1. The zero-order valence-corrected chi connectivity index (χ0v) is 13.5. The molecular formula is C18H19N3O3. The smallest absolute Gasteiger partial charge is 0.271 e. The van der Waals surface area contributed by atoms with E-state index in [0.29, 0.717) is 11.3 Å². The second-order valence-electron chi connectivity index (χ2n) is 6.08. The van der Waals surface area contributed by atoms with Crippen molar-refractivity contribution in [2.75, 3.05) is 4.90 Å². The number of rotatable bonds is 4. The van der Waals surface area contributed by atoms with Gasteiger partial charge in [0, 0.05) is 30.1 Å². The van der Waals surface area contributed by atoms with E-state index in [1.54, 1.807) is 35.4 Å². The van der Waals surface area contributed by atoms with E-state index in [2.05, 4.69) is 4.98 Å². The quantitative estimate of drug-likeness (QED) is 0.631. The molecule has 0 aliphatic heterocycles. The lowest BCUT2D eigenvalue weighted by molar-refractivity contribution is -0.384. The molecule has 1 aliphatic carbocycles. The number of non-ortho nitro benzene ring substituents is 1. The van der Waals surface area contributed by atoms with E-state index in [9.17, 15) is 14.9 Å². The normalized spacial score (nSPS) is 14.5. The molecule has 124 valence electrons. The number of aromatic nitrogens is 1. The average Bonchev–Trinajstić information content (AvgIpc) is 3.10. The first-order chi connectivity index (χ1) is 11.6. The zero-order valence-electron chi connectivity index (χ0n) is 13.5. The molecule has 0 unspecified atom stereocenters. The fraction of sp³-hybridized carbons (Fsp3) is 0.333. The number of hydrogen-bond acceptors (Lipinski definition) is 4. The van der Waals surface area contributed by atoms with Crippen molar-refractivity contribution < 1.29 is 9.72 Å². The van der Waals surface area contributed by atoms with Gasteiger partial charge in [-0.15, -0.1) is 0 Å². The van der Waals surface area contributed by atoms with Crippen LogP contribution >= 0.6 is 0 Å². The topological polar surface area (TPSA) is 76.3 Å². The Hall–Kier alpha value is -2.76. The number of nitro groups is 1. The van der Waals surface area contributed by atoms with Gasteiger partial charge in [-0.1, -0.05) is 18.9 Å². The van der Waals surface area contributed by atoms with E-state index in [4.69, 9.17) is 0 Å². The second kappa shape index (κ2) is 6.78. The molecule has 1 saturated carbocycles. The third-order valence-corrected chi connectivity index (χ3v) is 4.39. The molecule has 1 aromatic heterocycles. The van der Waals surface area contributed by atoms with E-state index < -0.39 is 4.92 Å². The Morgan fingerprint density at radius 3 is 2.62 bits per heavy atom. The van der Waals surface area contributed by atoms with Crippen LogP contribution in [-0.4, -0.2) is 21.9 Å². The van der Waals surface area contributed by atoms with E-state index in [1.807, 2.05) is 6.92 Å². The molecule has 24 heavy (non-hydrogen) atoms. The highest BCUT2D eigenvalue weighted by atomic mass is 16.6. The minimum Gasteiger partial charge on any atom is -0.305 e. The van der Waals surface area contributed by atoms with E-state index in [0.717, 1.165) is 31.4 Å². The summed E-state index contributed by atoms with van der Waals surface area (Å²) >= 11 is 0. The lowest BCUT2D eigenvalue weighted by Gasteiger charge is -2.29. The Morgan fingerprint density at radius 2 is 2.00 bits per heavy atom. The SMILES string of the molecule is Cc1ccc(C(=O)N(c2cccc([N+](=O)[O-])c2)C2CCCC2)cn1. The molecule has 0 atom stereocenters. The summed E-state index contributed by atoms with van der Waals surface area (Å²) in [6.45, 7) is 1.86. The molecule has 1 aliphatic rings. The first-order valence-corrected chi connectivity index (χ1v) is 8.07. The van der Waals surface area contributed by atoms with Gasteiger partial charge in [-0.3, -0.25) is 19.9 Å². The third-order valence-electron chi connectivity index (χ3n) is 4.39. The first kappa shape index (κ1) is 16.1. The van der Waals surface area contributed by atoms with Crippen LogP contribution in [0.3, 0.4) is 0 Å². The Kier molecular flexibility index (Phi) is 4.55. The van der Waals surface area contributed by atoms with Crippen molar-refractivity contribution in [1.29, 1.82) is 0 Å². The molecule has 0 N–H and O–H groups in total. The molecule has 1 aromatic carbocycles. The van der Waals surface area contributed by atoms with Gasteiger partial charge in [0.05, 0.1) is 16.2 Å². The van der Waals surface area contributed by atoms with Crippen molar-refractivity contribution >= 4 is 17.3 Å². The monoisotopic (exact) mass is 325 g/mol. The van der Waals surface area contributed by atoms with Crippen LogP contribution < -0.4 is 4.90 Å². The largest absolute Gasteiger partial charge is 0.305 e. The molecule has 0 bridgehead atoms. The van der Waals surface area contributed by atoms with Gasteiger partial charge < -0.3 is 4.90 Å². The molecule has 1 fully saturated rings. The maximum Gasteiger partial charge on any atom is 0.271 e. The maximum absolute atomic E-state index is 13.0. The predicted molar refractivity (Wildman–Crippen MR) is 91.1 cm³/mol. The molecule has 6 heteroatoms. The molecule has 1 amide bonds. The van der Waals surface area contributed by atoms with Crippen LogP contribution in [0.5, 0.6) is 0 Å². The first-order valence-electron chi connectivity index (χ1n) is 8.07. The van der Waals surface area contributed by atoms with Crippen molar-refractivity contribution in [2.24, 2.45) is 0 Å². The van der Waals surface area contributed by atoms with Gasteiger partial charge in [0.15, 0.2) is 0 Å². The summed E-state index contributed by atoms with van der Waals surface area (Å²) in [5.41, 5.74) is 1.90. The highest BCUT2D eigenvalue weighted by molar-refractivity contribution is 6.06. The standard InChI is InChI=1S/C18H19N3O3/c1-13-9-10-14(12-19-13)18(22)20(15-5-2-3-6-15)16-7-4-8-17(11-16)21(23)24/h4,7-12,15H,2-3,5-6H2,1H3. The Bertz CT molecular complexity index is 752. The van der Waals surface area contributed by atoms with Crippen LogP contribution in [-0.2, 0) is 0 Å². The van der Waals surface area contributed by atoms with Gasteiger partial charge in [-0.05, 0) is 38.0 Å². The number of pyridine rings is 1. The van der Waals surface area contributed by atoms with Gasteiger partial charge in [-0.25, -0.2) is 0 Å². The number of aryl methyl sites for hydroxylation is 1. The molecule has 0 spiro atoms. The number of carbonyl (C=O) groups excluding carboxylic acids is 1. The summed E-state index contributed by atoms with van der Waals surface area (Å²) < 4.78 is 0. The molecule has 0 saturated heterocycles. The minimum absolute atomic E-state index is 0.00896. The number of hydrogen-bond donors (Lipinski definition) is 0. The summed E-state index contributed by atoms with van der Waals surface area (Å²) in [7, 11) is 0. The van der Waals surface area contributed by atoms with Crippen LogP contribution in [0.15, 0.2) is 42.6 Å². The lowest BCUT2D eigenvalue weighted by Crippen LogP contribution is -2.39. The molecule has 2 aromatic rings. The van der Waals surface area contributed by atoms with Gasteiger partial charge in [0.1, 0.15) is 0 Å². The van der Waals surface area contributed by atoms with E-state index in [-0.39, 0.29) is 17.6 Å². The maximum atomic E-state index is 13.0. The van der Waals surface area contributed by atoms with Gasteiger partial charge in [-0.2, -0.15) is 0 Å². The van der Waals surface area contributed by atoms with Crippen LogP contribution in [0.2, 0.25) is 0 Å². The zero-order chi connectivity index (χ0) is 17.1. The van der Waals surface area contributed by atoms with Crippen molar-refractivity contribution in [3.05, 3.63) is 64.0 Å². The second-order valence-corrected chi connectivity index (χ2v) is 6.08. The van der Waals surface area contributed by atoms with Crippen LogP contribution in [0, 0.1) is 17.0 Å². The summed E-state index contributed by atoms with van der Waals surface area (Å²) in [6, 6.07) is 9.91. The number of benzene rings is 1. The minimum atomic E-state index is -0.436. The van der Waals surface area contributed by atoms with E-state index in [1.165, 1.54) is 12.1 Å². The third kappa shape index (κ3) is 3.27. The molecule has 3 rings (SSSR count). The summed E-state index contributed by atoms with van der Waals surface area (Å²) in [4.78, 5) is 29.6. The van der Waals surface area contributed by atoms with Crippen molar-refractivity contribution in [3.63, 3.8) is 0 Å². The summed E-state index contributed by atoms with van der Waals surface area (Å²) in [5.74, 6) is -0.158. The number of carbonyl (C=O) groups is 1. The summed E-state index contributed by atoms with van der Waals surface area (Å²) in [5, 5.41) is 11.1. The van der Waals surface area contributed by atoms with Crippen molar-refractivity contribution in [2.45, 2.75) is 38.6 Å². The lowest BCUT2D eigenvalue weighted by atomic mass is 10.1. The molecule has 0 radical (unpaired) electrons. The van der Waals surface area contributed by atoms with Crippen molar-refractivity contribution in [1.82, 2.24) is 4.98 Å². The molecule has 6 nitrogen and oxygen atoms in total. The predicted octanol–water partition coefficient (Wildman–Crippen LogP) is 3.89. The number of amides is 1. The van der Waals surface area contributed by atoms with Gasteiger partial charge >= 0.3 is 0 Å². The fourth-order valence-electron chi connectivity index (χ4n) is 3.15. The van der Waals surface area contributed by atoms with Gasteiger partial charge in [0.2, 0.25) is 0 Å². The van der Waals surface area contributed by atoms with Crippen LogP contribution in [0.25, 0.3) is 0 Å². The Labute approximate surface area is 140 Å². The highest BCUT2D eigenvalue weighted by Crippen LogP contribution is 2.31. The molecular weight excluding hydrogens is 306 g/mol. The van der Waals surface area contributed by atoms with Gasteiger partial charge in [0.25, 0.3) is 11.6 Å². The fourth-order valence-corrected chi connectivity index (χ4v) is 3.15. The van der Waals surface area contributed by atoms with Crippen LogP contribution in [0.1, 0.15) is 41.7 Å². The van der Waals surface area contributed by atoms with E-state index >= 15 is 0 Å².